The van der Waals surface area contributed by atoms with Crippen LogP contribution in [-0.2, 0) is 12.8 Å². The molecule has 0 N–H and O–H groups in total. The fourth-order valence-electron chi connectivity index (χ4n) is 3.92. The van der Waals surface area contributed by atoms with Gasteiger partial charge in [-0.15, -0.1) is 0 Å². The number of rotatable bonds is 6. The van der Waals surface area contributed by atoms with Crippen LogP contribution in [0.3, 0.4) is 0 Å². The highest BCUT2D eigenvalue weighted by Crippen LogP contribution is 2.19. The highest BCUT2D eigenvalue weighted by Gasteiger charge is 2.02. The van der Waals surface area contributed by atoms with Gasteiger partial charge in [0.2, 0.25) is 0 Å². The molecule has 0 heterocycles. The van der Waals surface area contributed by atoms with Gasteiger partial charge in [0.15, 0.2) is 0 Å². The highest BCUT2D eigenvalue weighted by atomic mass is 14.1. The molecule has 0 unspecified atom stereocenters. The predicted molar refractivity (Wildman–Crippen MR) is 149 cm³/mol. The Labute approximate surface area is 207 Å². The van der Waals surface area contributed by atoms with Gasteiger partial charge in [-0.2, -0.15) is 0 Å². The Hall–Kier alpha value is -3.12. The molecular formula is C34H40. The lowest BCUT2D eigenvalue weighted by Gasteiger charge is -2.09. The lowest BCUT2D eigenvalue weighted by atomic mass is 9.97. The van der Waals surface area contributed by atoms with E-state index < -0.39 is 0 Å². The first-order valence-corrected chi connectivity index (χ1v) is 12.6. The van der Waals surface area contributed by atoms with Gasteiger partial charge in [0, 0.05) is 0 Å². The molecule has 0 aliphatic carbocycles. The average Bonchev–Trinajstić information content (AvgIpc) is 2.83. The van der Waals surface area contributed by atoms with Crippen LogP contribution < -0.4 is 0 Å². The Morgan fingerprint density at radius 2 is 0.618 bits per heavy atom. The molecule has 0 saturated carbocycles. The zero-order valence-corrected chi connectivity index (χ0v) is 21.8. The van der Waals surface area contributed by atoms with Crippen LogP contribution >= 0.6 is 0 Å². The first-order chi connectivity index (χ1) is 16.3. The second-order valence-electron chi connectivity index (χ2n) is 10.1. The molecule has 0 spiro atoms. The Morgan fingerprint density at radius 3 is 0.853 bits per heavy atom. The van der Waals surface area contributed by atoms with Crippen LogP contribution in [-0.4, -0.2) is 0 Å². The molecule has 0 heteroatoms. The number of hydrogen-bond donors (Lipinski definition) is 0. The molecule has 176 valence electrons. The largest absolute Gasteiger partial charge is 0.0590 e. The van der Waals surface area contributed by atoms with Gasteiger partial charge in [0.05, 0.1) is 0 Å². The van der Waals surface area contributed by atoms with Crippen molar-refractivity contribution in [2.24, 2.45) is 0 Å². The molecule has 4 rings (SSSR count). The van der Waals surface area contributed by atoms with Gasteiger partial charge in [0.1, 0.15) is 0 Å². The lowest BCUT2D eigenvalue weighted by molar-refractivity contribution is 0.864. The average molecular weight is 449 g/mol. The van der Waals surface area contributed by atoms with E-state index in [9.17, 15) is 0 Å². The van der Waals surface area contributed by atoms with Crippen LogP contribution in [0.1, 0.15) is 84.0 Å². The van der Waals surface area contributed by atoms with Gasteiger partial charge in [-0.1, -0.05) is 136 Å². The summed E-state index contributed by atoms with van der Waals surface area (Å²) in [4.78, 5) is 0. The van der Waals surface area contributed by atoms with Crippen molar-refractivity contribution in [3.63, 3.8) is 0 Å². The van der Waals surface area contributed by atoms with Gasteiger partial charge in [-0.05, 0) is 71.9 Å². The van der Waals surface area contributed by atoms with Crippen molar-refractivity contribution in [3.05, 3.63) is 142 Å². The predicted octanol–water partition coefficient (Wildman–Crippen LogP) is 9.42. The minimum atomic E-state index is 0.611. The Bertz CT molecular complexity index is 1020. The molecule has 0 amide bonds. The Kier molecular flexibility index (Phi) is 9.28. The Balaban J connectivity index is 0.000000196. The van der Waals surface area contributed by atoms with Crippen molar-refractivity contribution in [2.45, 2.75) is 66.2 Å². The Morgan fingerprint density at radius 1 is 0.382 bits per heavy atom. The molecule has 0 atom stereocenters. The summed E-state index contributed by atoms with van der Waals surface area (Å²) in [6, 6.07) is 35.5. The van der Waals surface area contributed by atoms with Crippen LogP contribution in [0.25, 0.3) is 0 Å². The fraction of sp³-hybridized carbons (Fsp3) is 0.294. The third-order valence-corrected chi connectivity index (χ3v) is 6.35. The summed E-state index contributed by atoms with van der Waals surface area (Å²) in [5.41, 5.74) is 11.0. The molecule has 0 saturated heterocycles. The molecule has 0 aliphatic heterocycles. The normalized spacial score (nSPS) is 10.8. The maximum Gasteiger partial charge on any atom is -0.00258 e. The second kappa shape index (κ2) is 12.4. The first kappa shape index (κ1) is 25.5. The van der Waals surface area contributed by atoms with Crippen LogP contribution in [0, 0.1) is 13.8 Å². The second-order valence-corrected chi connectivity index (χ2v) is 10.1. The fourth-order valence-corrected chi connectivity index (χ4v) is 3.92. The molecular weight excluding hydrogens is 408 g/mol. The summed E-state index contributed by atoms with van der Waals surface area (Å²) in [5.74, 6) is 1.22. The van der Waals surface area contributed by atoms with E-state index in [1.165, 1.54) is 44.5 Å². The first-order valence-electron chi connectivity index (χ1n) is 12.6. The number of benzene rings is 4. The molecule has 0 fully saturated rings. The van der Waals surface area contributed by atoms with Crippen molar-refractivity contribution in [1.82, 2.24) is 0 Å². The standard InChI is InChI=1S/C19H24.C15H16/c1-14(2)18-9-5-16(6-10-18)13-17-7-11-19(12-8-17)15(3)4;1-12-3-7-14(8-4-12)11-15-9-5-13(2)6-10-15/h5-12,14-15H,13H2,1-4H3;3-10H,11H2,1-2H3. The number of aryl methyl sites for hydroxylation is 2. The molecule has 0 aliphatic rings. The molecule has 0 nitrogen and oxygen atoms in total. The summed E-state index contributed by atoms with van der Waals surface area (Å²) < 4.78 is 0. The van der Waals surface area contributed by atoms with Gasteiger partial charge in [-0.25, -0.2) is 0 Å². The SMILES string of the molecule is CC(C)c1ccc(Cc2ccc(C(C)C)cc2)cc1.Cc1ccc(Cc2ccc(C)cc2)cc1. The minimum absolute atomic E-state index is 0.611. The van der Waals surface area contributed by atoms with Crippen LogP contribution in [0.5, 0.6) is 0 Å². The van der Waals surface area contributed by atoms with Crippen LogP contribution in [0.4, 0.5) is 0 Å². The van der Waals surface area contributed by atoms with Crippen molar-refractivity contribution < 1.29 is 0 Å². The molecule has 0 aromatic heterocycles. The lowest BCUT2D eigenvalue weighted by Crippen LogP contribution is -1.92. The van der Waals surface area contributed by atoms with E-state index in [0.717, 1.165) is 12.8 Å². The van der Waals surface area contributed by atoms with Gasteiger partial charge >= 0.3 is 0 Å². The minimum Gasteiger partial charge on any atom is -0.0590 e. The van der Waals surface area contributed by atoms with E-state index in [4.69, 9.17) is 0 Å². The van der Waals surface area contributed by atoms with E-state index in [1.54, 1.807) is 0 Å². The van der Waals surface area contributed by atoms with Gasteiger partial charge in [0.25, 0.3) is 0 Å². The van der Waals surface area contributed by atoms with E-state index in [0.29, 0.717) is 11.8 Å². The molecule has 4 aromatic rings. The summed E-state index contributed by atoms with van der Waals surface area (Å²) >= 11 is 0. The van der Waals surface area contributed by atoms with Crippen molar-refractivity contribution in [1.29, 1.82) is 0 Å². The zero-order valence-electron chi connectivity index (χ0n) is 21.8. The maximum absolute atomic E-state index is 2.26. The topological polar surface area (TPSA) is 0 Å². The monoisotopic (exact) mass is 448 g/mol. The highest BCUT2D eigenvalue weighted by molar-refractivity contribution is 5.32. The van der Waals surface area contributed by atoms with E-state index >= 15 is 0 Å². The third-order valence-electron chi connectivity index (χ3n) is 6.35. The summed E-state index contributed by atoms with van der Waals surface area (Å²) in [7, 11) is 0. The summed E-state index contributed by atoms with van der Waals surface area (Å²) in [6.45, 7) is 13.2. The van der Waals surface area contributed by atoms with Gasteiger partial charge in [-0.3, -0.25) is 0 Å². The third kappa shape index (κ3) is 8.03. The van der Waals surface area contributed by atoms with Crippen molar-refractivity contribution in [2.75, 3.05) is 0 Å². The summed E-state index contributed by atoms with van der Waals surface area (Å²) in [5, 5.41) is 0. The summed E-state index contributed by atoms with van der Waals surface area (Å²) in [6.07, 6.45) is 2.05. The van der Waals surface area contributed by atoms with E-state index in [-0.39, 0.29) is 0 Å². The van der Waals surface area contributed by atoms with E-state index in [2.05, 4.69) is 139 Å². The quantitative estimate of drug-likeness (QED) is 0.275. The van der Waals surface area contributed by atoms with E-state index in [1.807, 2.05) is 0 Å². The number of hydrogen-bond acceptors (Lipinski definition) is 0. The smallest absolute Gasteiger partial charge is 0.00258 e. The molecule has 0 radical (unpaired) electrons. The van der Waals surface area contributed by atoms with Crippen LogP contribution in [0.2, 0.25) is 0 Å². The molecule has 4 aromatic carbocycles. The molecule has 0 bridgehead atoms. The van der Waals surface area contributed by atoms with Crippen molar-refractivity contribution in [3.8, 4) is 0 Å². The van der Waals surface area contributed by atoms with Crippen molar-refractivity contribution >= 4 is 0 Å². The molecule has 34 heavy (non-hydrogen) atoms. The zero-order chi connectivity index (χ0) is 24.5. The maximum atomic E-state index is 2.26. The van der Waals surface area contributed by atoms with Gasteiger partial charge < -0.3 is 0 Å². The van der Waals surface area contributed by atoms with Crippen LogP contribution in [0.15, 0.2) is 97.1 Å².